The van der Waals surface area contributed by atoms with Crippen molar-refractivity contribution in [3.8, 4) is 0 Å². The second-order valence-electron chi connectivity index (χ2n) is 6.03. The average molecular weight is 286 g/mol. The van der Waals surface area contributed by atoms with E-state index in [4.69, 9.17) is 9.47 Å². The summed E-state index contributed by atoms with van der Waals surface area (Å²) in [5.74, 6) is 0. The molecule has 0 bridgehead atoms. The molecule has 1 aliphatic heterocycles. The molecule has 1 heterocycles. The quantitative estimate of drug-likeness (QED) is 0.923. The van der Waals surface area contributed by atoms with Crippen LogP contribution in [0.15, 0.2) is 24.3 Å². The topological polar surface area (TPSA) is 38.7 Å². The number of hydrogen-bond donors (Lipinski definition) is 1. The average Bonchev–Trinajstić information content (AvgIpc) is 2.57. The van der Waals surface area contributed by atoms with Crippen LogP contribution in [0.3, 0.4) is 0 Å². The molecule has 0 amide bonds. The lowest BCUT2D eigenvalue weighted by Crippen LogP contribution is -2.41. The van der Waals surface area contributed by atoms with E-state index >= 15 is 0 Å². The fraction of sp³-hybridized carbons (Fsp3) is 0.600. The molecule has 1 saturated heterocycles. The molecular weight excluding hydrogens is 266 g/mol. The van der Waals surface area contributed by atoms with Crippen molar-refractivity contribution in [3.05, 3.63) is 35.4 Å². The van der Waals surface area contributed by atoms with Crippen molar-refractivity contribution >= 4 is 0 Å². The Bertz CT molecular complexity index is 453. The van der Waals surface area contributed by atoms with E-state index in [0.29, 0.717) is 0 Å². The molecule has 0 aliphatic carbocycles. The molecule has 0 saturated carbocycles. The van der Waals surface area contributed by atoms with Gasteiger partial charge in [-0.2, -0.15) is 0 Å². The van der Waals surface area contributed by atoms with E-state index in [1.54, 1.807) is 12.1 Å². The molecule has 1 aromatic rings. The van der Waals surface area contributed by atoms with E-state index < -0.39 is 30.0 Å². The van der Waals surface area contributed by atoms with Crippen molar-refractivity contribution in [2.75, 3.05) is 0 Å². The first-order chi connectivity index (χ1) is 9.14. The van der Waals surface area contributed by atoms with Crippen LogP contribution >= 0.6 is 0 Å². The molecule has 2 rings (SSSR count). The van der Waals surface area contributed by atoms with Crippen molar-refractivity contribution in [1.82, 2.24) is 0 Å². The number of aliphatic hydroxyl groups excluding tert-OH is 1. The minimum absolute atomic E-state index is 0.181. The maximum absolute atomic E-state index is 12.4. The number of alkyl halides is 2. The van der Waals surface area contributed by atoms with Gasteiger partial charge in [0.05, 0.1) is 11.2 Å². The zero-order valence-electron chi connectivity index (χ0n) is 12.1. The zero-order chi connectivity index (χ0) is 15.1. The Hall–Kier alpha value is -1.04. The third-order valence-corrected chi connectivity index (χ3v) is 4.04. The largest absolute Gasteiger partial charge is 0.382 e. The second kappa shape index (κ2) is 5.06. The standard InChI is InChI=1S/C15H20F2O3/c1-14(2)15(3,4)20-13(19-14)10-7-5-9(6-8-10)11(18)12(16)17/h5-8,11-13,18H,1-4H3. The Balaban J connectivity index is 2.16. The normalized spacial score (nSPS) is 23.2. The molecule has 1 aromatic carbocycles. The van der Waals surface area contributed by atoms with Crippen LogP contribution in [0.4, 0.5) is 8.78 Å². The Labute approximate surface area is 117 Å². The molecule has 0 aromatic heterocycles. The Kier molecular flexibility index (Phi) is 3.88. The lowest BCUT2D eigenvalue weighted by molar-refractivity contribution is -0.0896. The second-order valence-corrected chi connectivity index (χ2v) is 6.03. The van der Waals surface area contributed by atoms with Crippen molar-refractivity contribution in [2.24, 2.45) is 0 Å². The summed E-state index contributed by atoms with van der Waals surface area (Å²) in [7, 11) is 0. The highest BCUT2D eigenvalue weighted by atomic mass is 19.3. The van der Waals surface area contributed by atoms with Gasteiger partial charge in [0.15, 0.2) is 6.29 Å². The lowest BCUT2D eigenvalue weighted by Gasteiger charge is -2.30. The molecule has 1 fully saturated rings. The molecule has 0 radical (unpaired) electrons. The van der Waals surface area contributed by atoms with Gasteiger partial charge in [-0.05, 0) is 33.3 Å². The van der Waals surface area contributed by atoms with E-state index in [1.165, 1.54) is 12.1 Å². The Morgan fingerprint density at radius 1 is 1.00 bits per heavy atom. The molecule has 20 heavy (non-hydrogen) atoms. The highest BCUT2D eigenvalue weighted by Crippen LogP contribution is 2.44. The summed E-state index contributed by atoms with van der Waals surface area (Å²) in [5, 5.41) is 9.31. The van der Waals surface area contributed by atoms with Gasteiger partial charge in [0.25, 0.3) is 6.43 Å². The minimum Gasteiger partial charge on any atom is -0.382 e. The molecule has 112 valence electrons. The summed E-state index contributed by atoms with van der Waals surface area (Å²) in [6.07, 6.45) is -5.09. The highest BCUT2D eigenvalue weighted by Gasteiger charge is 2.49. The molecule has 0 spiro atoms. The first-order valence-corrected chi connectivity index (χ1v) is 6.56. The molecule has 3 nitrogen and oxygen atoms in total. The molecule has 1 N–H and O–H groups in total. The molecular formula is C15H20F2O3. The van der Waals surface area contributed by atoms with Gasteiger partial charge in [-0.1, -0.05) is 24.3 Å². The van der Waals surface area contributed by atoms with Gasteiger partial charge in [0, 0.05) is 5.56 Å². The van der Waals surface area contributed by atoms with Crippen LogP contribution in [0.5, 0.6) is 0 Å². The number of rotatable bonds is 3. The Morgan fingerprint density at radius 3 is 1.85 bits per heavy atom. The van der Waals surface area contributed by atoms with Gasteiger partial charge in [0.1, 0.15) is 6.10 Å². The molecule has 5 heteroatoms. The third kappa shape index (κ3) is 2.71. The SMILES string of the molecule is CC1(C)OC(c2ccc(C(O)C(F)F)cc2)OC1(C)C. The van der Waals surface area contributed by atoms with Gasteiger partial charge in [-0.3, -0.25) is 0 Å². The van der Waals surface area contributed by atoms with Crippen LogP contribution < -0.4 is 0 Å². The summed E-state index contributed by atoms with van der Waals surface area (Å²) in [6.45, 7) is 7.79. The van der Waals surface area contributed by atoms with Crippen LogP contribution in [-0.4, -0.2) is 22.7 Å². The highest BCUT2D eigenvalue weighted by molar-refractivity contribution is 5.26. The fourth-order valence-corrected chi connectivity index (χ4v) is 1.97. The zero-order valence-corrected chi connectivity index (χ0v) is 12.1. The number of aliphatic hydroxyl groups is 1. The summed E-state index contributed by atoms with van der Waals surface area (Å²) in [4.78, 5) is 0. The predicted octanol–water partition coefficient (Wildman–Crippen LogP) is 3.59. The predicted molar refractivity (Wildman–Crippen MR) is 70.5 cm³/mol. The molecule has 1 atom stereocenters. The third-order valence-electron chi connectivity index (χ3n) is 4.04. The van der Waals surface area contributed by atoms with Gasteiger partial charge < -0.3 is 14.6 Å². The summed E-state index contributed by atoms with van der Waals surface area (Å²) >= 11 is 0. The van der Waals surface area contributed by atoms with Crippen molar-refractivity contribution in [2.45, 2.75) is 57.7 Å². The van der Waals surface area contributed by atoms with Gasteiger partial charge >= 0.3 is 0 Å². The van der Waals surface area contributed by atoms with Crippen LogP contribution in [-0.2, 0) is 9.47 Å². The maximum Gasteiger partial charge on any atom is 0.268 e. The smallest absolute Gasteiger partial charge is 0.268 e. The summed E-state index contributed by atoms with van der Waals surface area (Å²) in [6, 6.07) is 6.22. The van der Waals surface area contributed by atoms with E-state index in [2.05, 4.69) is 0 Å². The van der Waals surface area contributed by atoms with Gasteiger partial charge in [0.2, 0.25) is 0 Å². The number of benzene rings is 1. The number of ether oxygens (including phenoxy) is 2. The minimum atomic E-state index is -2.79. The first-order valence-electron chi connectivity index (χ1n) is 6.56. The number of halogens is 2. The van der Waals surface area contributed by atoms with E-state index in [1.807, 2.05) is 27.7 Å². The first kappa shape index (κ1) is 15.4. The van der Waals surface area contributed by atoms with Crippen LogP contribution in [0.25, 0.3) is 0 Å². The van der Waals surface area contributed by atoms with Crippen molar-refractivity contribution in [1.29, 1.82) is 0 Å². The monoisotopic (exact) mass is 286 g/mol. The molecule has 1 unspecified atom stereocenters. The fourth-order valence-electron chi connectivity index (χ4n) is 1.97. The summed E-state index contributed by atoms with van der Waals surface area (Å²) < 4.78 is 36.6. The summed E-state index contributed by atoms with van der Waals surface area (Å²) in [5.41, 5.74) is 0.0339. The van der Waals surface area contributed by atoms with E-state index in [0.717, 1.165) is 5.56 Å². The van der Waals surface area contributed by atoms with E-state index in [-0.39, 0.29) is 5.56 Å². The van der Waals surface area contributed by atoms with Crippen molar-refractivity contribution < 1.29 is 23.4 Å². The van der Waals surface area contributed by atoms with E-state index in [9.17, 15) is 13.9 Å². The lowest BCUT2D eigenvalue weighted by atomic mass is 9.90. The van der Waals surface area contributed by atoms with Gasteiger partial charge in [-0.15, -0.1) is 0 Å². The van der Waals surface area contributed by atoms with Crippen LogP contribution in [0.2, 0.25) is 0 Å². The number of hydrogen-bond acceptors (Lipinski definition) is 3. The van der Waals surface area contributed by atoms with Gasteiger partial charge in [-0.25, -0.2) is 8.78 Å². The van der Waals surface area contributed by atoms with Crippen LogP contribution in [0, 0.1) is 0 Å². The van der Waals surface area contributed by atoms with Crippen LogP contribution in [0.1, 0.15) is 51.2 Å². The molecule has 1 aliphatic rings. The van der Waals surface area contributed by atoms with Crippen molar-refractivity contribution in [3.63, 3.8) is 0 Å². The maximum atomic E-state index is 12.4. The Morgan fingerprint density at radius 2 is 1.45 bits per heavy atom.